The molecule has 12 heavy (non-hydrogen) atoms. The van der Waals surface area contributed by atoms with Crippen LogP contribution in [0, 0.1) is 0 Å². The lowest BCUT2D eigenvalue weighted by Gasteiger charge is -1.71. The zero-order valence-electron chi connectivity index (χ0n) is 7.36. The first-order valence-corrected chi connectivity index (χ1v) is 3.44. The number of aliphatic hydroxyl groups is 2. The van der Waals surface area contributed by atoms with Crippen LogP contribution in [0.3, 0.4) is 0 Å². The number of carbonyl (C=O) groups excluding carboxylic acids is 1. The summed E-state index contributed by atoms with van der Waals surface area (Å²) in [4.78, 5) is 9.22. The maximum absolute atomic E-state index is 9.22. The maximum Gasteiger partial charge on any atom is 0.214 e. The van der Waals surface area contributed by atoms with Crippen LogP contribution < -0.4 is 17.2 Å². The highest BCUT2D eigenvalue weighted by Crippen LogP contribution is 1.33. The van der Waals surface area contributed by atoms with E-state index in [9.17, 15) is 4.79 Å². The fraction of sp³-hybridized carbons (Fsp3) is 0.833. The van der Waals surface area contributed by atoms with E-state index in [1.165, 1.54) is 6.92 Å². The van der Waals surface area contributed by atoms with Crippen molar-refractivity contribution in [3.8, 4) is 0 Å². The Morgan fingerprint density at radius 2 is 1.25 bits per heavy atom. The average molecular weight is 181 g/mol. The van der Waals surface area contributed by atoms with Gasteiger partial charge in [-0.1, -0.05) is 0 Å². The molecule has 0 aromatic rings. The third-order valence-electron chi connectivity index (χ3n) is 0.258. The minimum absolute atomic E-state index is 0.0972. The van der Waals surface area contributed by atoms with Crippen LogP contribution in [-0.4, -0.2) is 42.4 Å². The van der Waals surface area contributed by atoms with Crippen molar-refractivity contribution in [3.05, 3.63) is 0 Å². The molecule has 1 amide bonds. The van der Waals surface area contributed by atoms with Crippen LogP contribution >= 0.6 is 0 Å². The first-order chi connectivity index (χ1) is 5.56. The molecular weight excluding hydrogens is 162 g/mol. The fourth-order valence-corrected chi connectivity index (χ4v) is 0. The number of rotatable bonds is 2. The third kappa shape index (κ3) is 375. The number of nitrogens with two attached hydrogens (primary N) is 3. The van der Waals surface area contributed by atoms with Crippen LogP contribution in [0.25, 0.3) is 0 Å². The minimum Gasteiger partial charge on any atom is -0.395 e. The Labute approximate surface area is 72.3 Å². The lowest BCUT2D eigenvalue weighted by Crippen LogP contribution is -2.02. The Morgan fingerprint density at radius 1 is 1.17 bits per heavy atom. The molecule has 6 heteroatoms. The molecule has 8 N–H and O–H groups in total. The summed E-state index contributed by atoms with van der Waals surface area (Å²) in [5.74, 6) is -0.333. The Morgan fingerprint density at radius 3 is 1.25 bits per heavy atom. The lowest BCUT2D eigenvalue weighted by molar-refractivity contribution is -0.115. The molecular formula is C6H19N3O3. The van der Waals surface area contributed by atoms with Crippen molar-refractivity contribution in [1.29, 1.82) is 0 Å². The Hall–Kier alpha value is -0.690. The summed E-state index contributed by atoms with van der Waals surface area (Å²) < 4.78 is 0. The van der Waals surface area contributed by atoms with Crippen LogP contribution in [0.2, 0.25) is 0 Å². The highest BCUT2D eigenvalue weighted by molar-refractivity contribution is 5.70. The van der Waals surface area contributed by atoms with Gasteiger partial charge in [-0.15, -0.1) is 0 Å². The Kier molecular flexibility index (Phi) is 32.6. The zero-order chi connectivity index (χ0) is 10.4. The summed E-state index contributed by atoms with van der Waals surface area (Å²) in [5, 5.41) is 15.5. The zero-order valence-corrected chi connectivity index (χ0v) is 7.36. The summed E-state index contributed by atoms with van der Waals surface area (Å²) in [6.45, 7) is 2.25. The molecule has 0 spiro atoms. The third-order valence-corrected chi connectivity index (χ3v) is 0.258. The Balaban J connectivity index is -0.000000101. The largest absolute Gasteiger partial charge is 0.395 e. The molecule has 0 rings (SSSR count). The predicted octanol–water partition coefficient (Wildman–Crippen LogP) is -2.63. The summed E-state index contributed by atoms with van der Waals surface area (Å²) in [7, 11) is 0. The smallest absolute Gasteiger partial charge is 0.214 e. The molecule has 0 saturated carbocycles. The number of aliphatic hydroxyl groups excluding tert-OH is 2. The van der Waals surface area contributed by atoms with Crippen molar-refractivity contribution >= 4 is 5.91 Å². The molecule has 0 radical (unpaired) electrons. The molecule has 6 nitrogen and oxygen atoms in total. The second-order valence-corrected chi connectivity index (χ2v) is 1.64. The first-order valence-electron chi connectivity index (χ1n) is 3.44. The van der Waals surface area contributed by atoms with Gasteiger partial charge in [-0.25, -0.2) is 0 Å². The number of amides is 1. The molecule has 76 valence electrons. The second kappa shape index (κ2) is 22.4. The number of hydrogen-bond donors (Lipinski definition) is 5. The van der Waals surface area contributed by atoms with Crippen molar-refractivity contribution in [2.45, 2.75) is 6.92 Å². The molecule has 0 aromatic carbocycles. The van der Waals surface area contributed by atoms with E-state index in [0.29, 0.717) is 13.1 Å². The summed E-state index contributed by atoms with van der Waals surface area (Å²) >= 11 is 0. The van der Waals surface area contributed by atoms with Crippen molar-refractivity contribution in [2.75, 3.05) is 26.3 Å². The molecule has 0 fully saturated rings. The van der Waals surface area contributed by atoms with Gasteiger partial charge in [0.2, 0.25) is 5.91 Å². The van der Waals surface area contributed by atoms with Gasteiger partial charge in [0.1, 0.15) is 0 Å². The predicted molar refractivity (Wildman–Crippen MR) is 47.1 cm³/mol. The van der Waals surface area contributed by atoms with Gasteiger partial charge in [-0.3, -0.25) is 4.79 Å². The van der Waals surface area contributed by atoms with Gasteiger partial charge in [-0.05, 0) is 0 Å². The van der Waals surface area contributed by atoms with E-state index in [0.717, 1.165) is 0 Å². The van der Waals surface area contributed by atoms with Gasteiger partial charge in [0.25, 0.3) is 0 Å². The number of hydrogen-bond acceptors (Lipinski definition) is 5. The van der Waals surface area contributed by atoms with Crippen LogP contribution in [-0.2, 0) is 4.79 Å². The maximum atomic E-state index is 9.22. The molecule has 0 atom stereocenters. The summed E-state index contributed by atoms with van der Waals surface area (Å²) in [6, 6.07) is 0. The van der Waals surface area contributed by atoms with Gasteiger partial charge < -0.3 is 27.4 Å². The summed E-state index contributed by atoms with van der Waals surface area (Å²) in [6.07, 6.45) is 0. The van der Waals surface area contributed by atoms with Gasteiger partial charge in [-0.2, -0.15) is 0 Å². The molecule has 0 unspecified atom stereocenters. The van der Waals surface area contributed by atoms with Gasteiger partial charge in [0.05, 0.1) is 13.2 Å². The van der Waals surface area contributed by atoms with Crippen LogP contribution in [0.4, 0.5) is 0 Å². The van der Waals surface area contributed by atoms with E-state index in [-0.39, 0.29) is 19.1 Å². The molecule has 0 bridgehead atoms. The van der Waals surface area contributed by atoms with Gasteiger partial charge >= 0.3 is 0 Å². The molecule has 0 aromatic heterocycles. The van der Waals surface area contributed by atoms with Crippen LogP contribution in [0.15, 0.2) is 0 Å². The van der Waals surface area contributed by atoms with E-state index in [1.54, 1.807) is 0 Å². The highest BCUT2D eigenvalue weighted by Gasteiger charge is 1.61. The van der Waals surface area contributed by atoms with E-state index < -0.39 is 0 Å². The second-order valence-electron chi connectivity index (χ2n) is 1.64. The van der Waals surface area contributed by atoms with E-state index in [4.69, 9.17) is 21.7 Å². The monoisotopic (exact) mass is 181 g/mol. The number of primary amides is 1. The van der Waals surface area contributed by atoms with Crippen molar-refractivity contribution < 1.29 is 15.0 Å². The molecule has 0 saturated heterocycles. The standard InChI is InChI=1S/C2H5NO.2C2H7NO/c1-2(3)4;2*3-1-2-4/h1H3,(H2,3,4);2*4H,1-3H2. The van der Waals surface area contributed by atoms with Crippen LogP contribution in [0.1, 0.15) is 6.92 Å². The van der Waals surface area contributed by atoms with E-state index in [2.05, 4.69) is 5.73 Å². The molecule has 0 heterocycles. The average Bonchev–Trinajstić information content (AvgIpc) is 2.03. The van der Waals surface area contributed by atoms with Gasteiger partial charge in [0, 0.05) is 20.0 Å². The van der Waals surface area contributed by atoms with Gasteiger partial charge in [0.15, 0.2) is 0 Å². The van der Waals surface area contributed by atoms with Crippen molar-refractivity contribution in [3.63, 3.8) is 0 Å². The SMILES string of the molecule is CC(N)=O.NCCO.NCCO. The molecule has 0 aliphatic rings. The van der Waals surface area contributed by atoms with Crippen LogP contribution in [0.5, 0.6) is 0 Å². The van der Waals surface area contributed by atoms with E-state index >= 15 is 0 Å². The Bertz CT molecular complexity index is 68.4. The minimum atomic E-state index is -0.333. The quantitative estimate of drug-likeness (QED) is 0.317. The number of carbonyl (C=O) groups is 1. The molecule has 0 aliphatic carbocycles. The van der Waals surface area contributed by atoms with E-state index in [1.807, 2.05) is 0 Å². The van der Waals surface area contributed by atoms with Crippen molar-refractivity contribution in [2.24, 2.45) is 17.2 Å². The molecule has 0 aliphatic heterocycles. The lowest BCUT2D eigenvalue weighted by atomic mass is 10.8. The fourth-order valence-electron chi connectivity index (χ4n) is 0. The topological polar surface area (TPSA) is 136 Å². The van der Waals surface area contributed by atoms with Crippen molar-refractivity contribution in [1.82, 2.24) is 0 Å². The first kappa shape index (κ1) is 17.4. The summed E-state index contributed by atoms with van der Waals surface area (Å²) in [5.41, 5.74) is 14.0. The highest BCUT2D eigenvalue weighted by atomic mass is 16.3. The normalized spacial score (nSPS) is 7.08.